The van der Waals surface area contributed by atoms with Crippen LogP contribution in [0.3, 0.4) is 0 Å². The Labute approximate surface area is 172 Å². The fraction of sp³-hybridized carbons (Fsp3) is 0.316. The molecule has 1 aliphatic rings. The van der Waals surface area contributed by atoms with Crippen LogP contribution >= 0.6 is 0 Å². The van der Waals surface area contributed by atoms with Gasteiger partial charge < -0.3 is 20.3 Å². The van der Waals surface area contributed by atoms with Crippen molar-refractivity contribution in [2.45, 2.75) is 13.5 Å². The lowest BCUT2D eigenvalue weighted by atomic mass is 10.2. The van der Waals surface area contributed by atoms with E-state index in [1.165, 1.54) is 19.2 Å². The van der Waals surface area contributed by atoms with Crippen molar-refractivity contribution in [1.29, 1.82) is 5.41 Å². The molecule has 2 aromatic heterocycles. The van der Waals surface area contributed by atoms with Crippen molar-refractivity contribution >= 4 is 29.5 Å². The van der Waals surface area contributed by atoms with Crippen LogP contribution in [0.4, 0.5) is 20.8 Å². The van der Waals surface area contributed by atoms with Crippen molar-refractivity contribution in [3.63, 3.8) is 0 Å². The van der Waals surface area contributed by atoms with Crippen LogP contribution in [0.1, 0.15) is 22.8 Å². The van der Waals surface area contributed by atoms with Crippen molar-refractivity contribution in [1.82, 2.24) is 15.3 Å². The molecule has 0 aliphatic carbocycles. The van der Waals surface area contributed by atoms with Crippen LogP contribution in [-0.4, -0.2) is 54.0 Å². The summed E-state index contributed by atoms with van der Waals surface area (Å²) in [6, 6.07) is 4.97. The summed E-state index contributed by atoms with van der Waals surface area (Å²) in [6.45, 7) is 3.44. The fourth-order valence-corrected chi connectivity index (χ4v) is 3.02. The van der Waals surface area contributed by atoms with Crippen LogP contribution in [0.25, 0.3) is 0 Å². The summed E-state index contributed by atoms with van der Waals surface area (Å²) in [4.78, 5) is 35.1. The monoisotopic (exact) mass is 415 g/mol. The molecular formula is C19H22FN7O3. The number of amides is 1. The Morgan fingerprint density at radius 2 is 1.90 bits per heavy atom. The number of nitrogens with zero attached hydrogens (tertiary/aromatic N) is 4. The molecule has 1 saturated heterocycles. The number of ketones is 1. The van der Waals surface area contributed by atoms with E-state index in [4.69, 9.17) is 15.9 Å². The molecule has 1 amide bonds. The molecule has 0 radical (unpaired) electrons. The number of carbonyl (C=O) groups is 2. The van der Waals surface area contributed by atoms with E-state index in [2.05, 4.69) is 14.9 Å². The first kappa shape index (κ1) is 21.0. The minimum Gasteiger partial charge on any atom is -0.444 e. The maximum Gasteiger partial charge on any atom is 0.414 e. The van der Waals surface area contributed by atoms with E-state index in [1.807, 2.05) is 10.2 Å². The first-order valence-corrected chi connectivity index (χ1v) is 9.23. The van der Waals surface area contributed by atoms with E-state index in [1.54, 1.807) is 18.3 Å². The molecule has 1 aliphatic heterocycles. The zero-order valence-corrected chi connectivity index (χ0v) is 16.4. The van der Waals surface area contributed by atoms with Gasteiger partial charge in [0, 0.05) is 49.7 Å². The van der Waals surface area contributed by atoms with E-state index in [0.29, 0.717) is 31.7 Å². The molecule has 3 heterocycles. The summed E-state index contributed by atoms with van der Waals surface area (Å²) >= 11 is 0. The quantitative estimate of drug-likeness (QED) is 0.377. The minimum absolute atomic E-state index is 0.0388. The lowest BCUT2D eigenvalue weighted by Gasteiger charge is -2.36. The smallest absolute Gasteiger partial charge is 0.414 e. The number of hydrogen-bond acceptors (Lipinski definition) is 8. The highest BCUT2D eigenvalue weighted by Gasteiger charge is 2.23. The molecule has 30 heavy (non-hydrogen) atoms. The van der Waals surface area contributed by atoms with E-state index in [9.17, 15) is 14.0 Å². The van der Waals surface area contributed by atoms with Gasteiger partial charge in [0.05, 0.1) is 0 Å². The highest BCUT2D eigenvalue weighted by atomic mass is 19.1. The number of nitrogens with two attached hydrogens (primary N) is 1. The van der Waals surface area contributed by atoms with Crippen LogP contribution in [0.5, 0.6) is 0 Å². The molecular weight excluding hydrogens is 393 g/mol. The Kier molecular flexibility index (Phi) is 6.40. The third kappa shape index (κ3) is 4.99. The Hall–Kier alpha value is -3.76. The number of alkyl carbamates (subject to hydrolysis) is 1. The third-order valence-corrected chi connectivity index (χ3v) is 4.60. The Morgan fingerprint density at radius 3 is 2.50 bits per heavy atom. The summed E-state index contributed by atoms with van der Waals surface area (Å²) in [5, 5.41) is 8.94. The van der Waals surface area contributed by atoms with Crippen LogP contribution < -0.4 is 20.9 Å². The molecule has 2 aromatic rings. The van der Waals surface area contributed by atoms with E-state index >= 15 is 0 Å². The zero-order valence-electron chi connectivity index (χ0n) is 16.4. The number of guanidine groups is 1. The summed E-state index contributed by atoms with van der Waals surface area (Å²) in [6.07, 6.45) is 2.07. The second-order valence-electron chi connectivity index (χ2n) is 6.66. The topological polar surface area (TPSA) is 138 Å². The molecule has 0 spiro atoms. The van der Waals surface area contributed by atoms with E-state index in [-0.39, 0.29) is 23.8 Å². The highest BCUT2D eigenvalue weighted by Crippen LogP contribution is 2.23. The normalized spacial score (nSPS) is 13.7. The van der Waals surface area contributed by atoms with Gasteiger partial charge in [0.15, 0.2) is 23.4 Å². The number of rotatable bonds is 5. The number of ether oxygens (including phenoxy) is 1. The number of hydrogen-bond donors (Lipinski definition) is 3. The lowest BCUT2D eigenvalue weighted by molar-refractivity contribution is 0.101. The van der Waals surface area contributed by atoms with Gasteiger partial charge >= 0.3 is 6.09 Å². The number of aromatic nitrogens is 2. The predicted octanol–water partition coefficient (Wildman–Crippen LogP) is 1.26. The van der Waals surface area contributed by atoms with Crippen molar-refractivity contribution < 1.29 is 18.7 Å². The number of nitrogens with one attached hydrogen (secondary N) is 2. The van der Waals surface area contributed by atoms with Gasteiger partial charge in [-0.05, 0) is 25.1 Å². The minimum atomic E-state index is -0.933. The Morgan fingerprint density at radius 1 is 1.20 bits per heavy atom. The summed E-state index contributed by atoms with van der Waals surface area (Å²) in [5.41, 5.74) is 5.77. The van der Waals surface area contributed by atoms with Gasteiger partial charge in [0.25, 0.3) is 0 Å². The first-order chi connectivity index (χ1) is 14.3. The molecule has 0 bridgehead atoms. The summed E-state index contributed by atoms with van der Waals surface area (Å²) in [5.74, 6) is -0.220. The molecule has 0 saturated carbocycles. The Bertz CT molecular complexity index is 944. The highest BCUT2D eigenvalue weighted by molar-refractivity contribution is 5.93. The average Bonchev–Trinajstić information content (AvgIpc) is 2.73. The van der Waals surface area contributed by atoms with Gasteiger partial charge in [-0.1, -0.05) is 0 Å². The maximum atomic E-state index is 14.9. The lowest BCUT2D eigenvalue weighted by Crippen LogP contribution is -2.47. The molecule has 10 nitrogen and oxygen atoms in total. The van der Waals surface area contributed by atoms with Gasteiger partial charge in [0.1, 0.15) is 12.4 Å². The molecule has 0 aromatic carbocycles. The number of anilines is 2. The number of piperazine rings is 1. The van der Waals surface area contributed by atoms with E-state index in [0.717, 1.165) is 5.82 Å². The molecule has 11 heteroatoms. The molecule has 0 atom stereocenters. The van der Waals surface area contributed by atoms with Crippen LogP contribution in [0.2, 0.25) is 0 Å². The summed E-state index contributed by atoms with van der Waals surface area (Å²) in [7, 11) is 0. The summed E-state index contributed by atoms with van der Waals surface area (Å²) < 4.78 is 19.7. The average molecular weight is 415 g/mol. The maximum absolute atomic E-state index is 14.9. The van der Waals surface area contributed by atoms with Crippen molar-refractivity contribution in [2.24, 2.45) is 5.73 Å². The molecule has 3 rings (SSSR count). The molecule has 158 valence electrons. The van der Waals surface area contributed by atoms with E-state index < -0.39 is 17.9 Å². The molecule has 4 N–H and O–H groups in total. The number of pyridine rings is 2. The zero-order chi connectivity index (χ0) is 21.7. The van der Waals surface area contributed by atoms with Gasteiger partial charge in [0.2, 0.25) is 0 Å². The van der Waals surface area contributed by atoms with Gasteiger partial charge in [-0.25, -0.2) is 19.2 Å². The largest absolute Gasteiger partial charge is 0.444 e. The Balaban J connectivity index is 1.62. The van der Waals surface area contributed by atoms with Gasteiger partial charge in [-0.15, -0.1) is 0 Å². The third-order valence-electron chi connectivity index (χ3n) is 4.60. The predicted molar refractivity (Wildman–Crippen MR) is 108 cm³/mol. The van der Waals surface area contributed by atoms with Crippen molar-refractivity contribution in [3.8, 4) is 0 Å². The van der Waals surface area contributed by atoms with Crippen LogP contribution in [0.15, 0.2) is 30.6 Å². The van der Waals surface area contributed by atoms with Gasteiger partial charge in [-0.2, -0.15) is 0 Å². The molecule has 1 fully saturated rings. The van der Waals surface area contributed by atoms with Crippen molar-refractivity contribution in [2.75, 3.05) is 36.0 Å². The van der Waals surface area contributed by atoms with Crippen LogP contribution in [-0.2, 0) is 11.3 Å². The second kappa shape index (κ2) is 9.16. The fourth-order valence-electron chi connectivity index (χ4n) is 3.02. The SMILES string of the molecule is CC(=O)c1ccc(N2CCN(c3nccc(COC(=O)NC(=N)N)c3F)CC2)nc1. The number of carbonyl (C=O) groups excluding carboxylic acids is 2. The first-order valence-electron chi connectivity index (χ1n) is 9.23. The second-order valence-corrected chi connectivity index (χ2v) is 6.66. The van der Waals surface area contributed by atoms with Crippen molar-refractivity contribution in [3.05, 3.63) is 47.5 Å². The van der Waals surface area contributed by atoms with Crippen LogP contribution in [0, 0.1) is 11.2 Å². The molecule has 0 unspecified atom stereocenters. The van der Waals surface area contributed by atoms with Gasteiger partial charge in [-0.3, -0.25) is 15.5 Å². The number of Topliss-reactive ketones (excluding diaryl/α,β-unsaturated/α-hetero) is 1. The standard InChI is InChI=1S/C19H22FN7O3/c1-12(28)13-2-3-15(24-10-13)26-6-8-27(9-7-26)17-16(20)14(4-5-23-17)11-30-19(29)25-18(21)22/h2-5,10H,6-9,11H2,1H3,(H4,21,22,25,29). The number of halogens is 1.